The summed E-state index contributed by atoms with van der Waals surface area (Å²) in [6, 6.07) is 0. The van der Waals surface area contributed by atoms with Gasteiger partial charge in [-0.15, -0.1) is 5.10 Å². The summed E-state index contributed by atoms with van der Waals surface area (Å²) in [5.41, 5.74) is 5.65. The van der Waals surface area contributed by atoms with Crippen molar-refractivity contribution in [2.45, 2.75) is 120 Å². The zero-order valence-corrected chi connectivity index (χ0v) is 32.5. The zero-order valence-electron chi connectivity index (χ0n) is 32.5. The Morgan fingerprint density at radius 3 is 1.91 bits per heavy atom. The quantitative estimate of drug-likeness (QED) is 0.0465. The largest absolute Gasteiger partial charge is 0.394 e. The molecule has 0 saturated carbocycles. The van der Waals surface area contributed by atoms with Crippen LogP contribution >= 0.6 is 0 Å². The Bertz CT molecular complexity index is 1300. The first-order valence-electron chi connectivity index (χ1n) is 19.1. The Kier molecular flexibility index (Phi) is 19.7. The van der Waals surface area contributed by atoms with Crippen LogP contribution < -0.4 is 5.73 Å². The van der Waals surface area contributed by atoms with Crippen molar-refractivity contribution in [3.8, 4) is 0 Å². The first kappa shape index (κ1) is 47.6. The topological polar surface area (TPSA) is 322 Å². The molecule has 4 heterocycles. The maximum absolute atomic E-state index is 13.4. The predicted molar refractivity (Wildman–Crippen MR) is 189 cm³/mol. The number of amides is 1. The van der Waals surface area contributed by atoms with E-state index in [1.807, 2.05) is 0 Å². The molecule has 0 radical (unpaired) electrons. The SMILES string of the molecule is CC(=O)N(Cc1cn(CCOCCOCCOCCOCCN)nn1)C1OC(CO)[C@H](O)[C@H](OC2OC(CO)[C@H](O)[C@H](O)[C@@H]2C)[C@@H]1OC1OC(C)[C@@H](O)[C@H](O)[C@H]1O. The van der Waals surface area contributed by atoms with Gasteiger partial charge in [-0.05, 0) is 6.92 Å². The number of nitrogens with two attached hydrogens (primary N) is 1. The Labute approximate surface area is 330 Å². The van der Waals surface area contributed by atoms with Gasteiger partial charge in [0.1, 0.15) is 60.6 Å². The third-order valence-corrected chi connectivity index (χ3v) is 9.87. The second-order valence-electron chi connectivity index (χ2n) is 14.0. The molecular weight excluding hydrogens is 766 g/mol. The van der Waals surface area contributed by atoms with Crippen LogP contribution in [-0.2, 0) is 60.5 Å². The van der Waals surface area contributed by atoms with Crippen LogP contribution in [0.5, 0.6) is 0 Å². The van der Waals surface area contributed by atoms with Crippen LogP contribution in [0.25, 0.3) is 0 Å². The third-order valence-electron chi connectivity index (χ3n) is 9.87. The number of hydrogen-bond donors (Lipinski definition) is 9. The van der Waals surface area contributed by atoms with Crippen molar-refractivity contribution in [1.82, 2.24) is 19.9 Å². The summed E-state index contributed by atoms with van der Waals surface area (Å²) in [5, 5.41) is 92.7. The average Bonchev–Trinajstić information content (AvgIpc) is 3.65. The summed E-state index contributed by atoms with van der Waals surface area (Å²) in [6.45, 7) is 6.35. The van der Waals surface area contributed by atoms with Crippen molar-refractivity contribution in [2.24, 2.45) is 11.7 Å². The molecule has 1 aromatic heterocycles. The molecule has 23 heteroatoms. The van der Waals surface area contributed by atoms with E-state index in [4.69, 9.17) is 48.4 Å². The molecule has 57 heavy (non-hydrogen) atoms. The van der Waals surface area contributed by atoms with Crippen molar-refractivity contribution >= 4 is 5.91 Å². The molecule has 10 N–H and O–H groups in total. The van der Waals surface area contributed by atoms with Crippen LogP contribution in [0, 0.1) is 5.92 Å². The van der Waals surface area contributed by atoms with Crippen LogP contribution in [0.2, 0.25) is 0 Å². The van der Waals surface area contributed by atoms with Gasteiger partial charge in [-0.2, -0.15) is 0 Å². The molecule has 0 aromatic carbocycles. The number of hydrogen-bond acceptors (Lipinski definition) is 21. The lowest BCUT2D eigenvalue weighted by molar-refractivity contribution is -0.373. The molecule has 1 aromatic rings. The van der Waals surface area contributed by atoms with Crippen LogP contribution in [0.3, 0.4) is 0 Å². The highest BCUT2D eigenvalue weighted by Crippen LogP contribution is 2.36. The summed E-state index contributed by atoms with van der Waals surface area (Å²) in [6.07, 6.45) is -19.5. The molecule has 3 aliphatic rings. The van der Waals surface area contributed by atoms with Crippen molar-refractivity contribution in [3.05, 3.63) is 11.9 Å². The van der Waals surface area contributed by atoms with E-state index in [-0.39, 0.29) is 13.2 Å². The van der Waals surface area contributed by atoms with Gasteiger partial charge in [0.2, 0.25) is 5.91 Å². The van der Waals surface area contributed by atoms with Gasteiger partial charge in [0.15, 0.2) is 18.8 Å². The zero-order chi connectivity index (χ0) is 41.6. The Hall–Kier alpha value is -2.11. The number of rotatable bonds is 23. The molecule has 3 saturated heterocycles. The standard InChI is InChI=1S/C34H61N5O18/c1-18-24(43)26(45)22(16-40)55-33(18)56-30-27(46)23(17-41)54-32(31(30)57-34-29(48)28(47)25(44)19(2)53-34)39(20(3)42)15-21-14-38(37-36-21)5-7-50-9-11-52-13-12-51-10-8-49-6-4-35/h14,18-19,22-34,40-41,43-48H,4-13,15-17,35H2,1-3H3/t18-,19?,22?,23?,24+,25+,26-,27-,28-,29+,30-,31-,32?,33?,34?/m0/s1. The predicted octanol–water partition coefficient (Wildman–Crippen LogP) is -5.60. The van der Waals surface area contributed by atoms with E-state index in [9.17, 15) is 45.6 Å². The number of carbonyl (C=O) groups excluding carboxylic acids is 1. The lowest BCUT2D eigenvalue weighted by Crippen LogP contribution is -2.68. The van der Waals surface area contributed by atoms with E-state index in [1.165, 1.54) is 30.4 Å². The molecule has 0 bridgehead atoms. The summed E-state index contributed by atoms with van der Waals surface area (Å²) in [7, 11) is 0. The fraction of sp³-hybridized carbons (Fsp3) is 0.912. The van der Waals surface area contributed by atoms with Gasteiger partial charge in [0.05, 0.1) is 97.6 Å². The van der Waals surface area contributed by atoms with Crippen LogP contribution in [0.15, 0.2) is 6.20 Å². The first-order chi connectivity index (χ1) is 27.3. The molecular formula is C34H61N5O18. The second kappa shape index (κ2) is 23.6. The van der Waals surface area contributed by atoms with Crippen molar-refractivity contribution < 1.29 is 88.3 Å². The maximum atomic E-state index is 13.4. The lowest BCUT2D eigenvalue weighted by atomic mass is 9.91. The number of carbonyl (C=O) groups is 1. The molecule has 6 unspecified atom stereocenters. The summed E-state index contributed by atoms with van der Waals surface area (Å²) in [5.74, 6) is -1.52. The van der Waals surface area contributed by atoms with E-state index >= 15 is 0 Å². The normalized spacial score (nSPS) is 36.0. The summed E-state index contributed by atoms with van der Waals surface area (Å²) in [4.78, 5) is 14.5. The van der Waals surface area contributed by atoms with Gasteiger partial charge in [-0.1, -0.05) is 12.1 Å². The van der Waals surface area contributed by atoms with Crippen molar-refractivity contribution in [2.75, 3.05) is 72.6 Å². The lowest BCUT2D eigenvalue weighted by Gasteiger charge is -2.51. The molecule has 23 nitrogen and oxygen atoms in total. The summed E-state index contributed by atoms with van der Waals surface area (Å²) < 4.78 is 53.1. The van der Waals surface area contributed by atoms with Gasteiger partial charge in [-0.3, -0.25) is 4.79 Å². The smallest absolute Gasteiger partial charge is 0.221 e. The minimum atomic E-state index is -1.82. The minimum absolute atomic E-state index is 0.240. The minimum Gasteiger partial charge on any atom is -0.394 e. The first-order valence-corrected chi connectivity index (χ1v) is 19.1. The molecule has 3 aliphatic heterocycles. The highest BCUT2D eigenvalue weighted by atomic mass is 16.7. The van der Waals surface area contributed by atoms with E-state index in [2.05, 4.69) is 10.3 Å². The number of aromatic nitrogens is 3. The van der Waals surface area contributed by atoms with Gasteiger partial charge in [0, 0.05) is 19.4 Å². The van der Waals surface area contributed by atoms with Gasteiger partial charge >= 0.3 is 0 Å². The van der Waals surface area contributed by atoms with E-state index in [1.54, 1.807) is 6.20 Å². The molecule has 3 fully saturated rings. The van der Waals surface area contributed by atoms with Gasteiger partial charge < -0.3 is 94.1 Å². The summed E-state index contributed by atoms with van der Waals surface area (Å²) >= 11 is 0. The molecule has 0 spiro atoms. The third kappa shape index (κ3) is 12.9. The van der Waals surface area contributed by atoms with E-state index in [0.717, 1.165) is 0 Å². The fourth-order valence-electron chi connectivity index (χ4n) is 6.50. The van der Waals surface area contributed by atoms with E-state index in [0.29, 0.717) is 65.0 Å². The van der Waals surface area contributed by atoms with Gasteiger partial charge in [-0.25, -0.2) is 4.68 Å². The van der Waals surface area contributed by atoms with Crippen molar-refractivity contribution in [3.63, 3.8) is 0 Å². The maximum Gasteiger partial charge on any atom is 0.221 e. The average molecular weight is 828 g/mol. The molecule has 0 aliphatic carbocycles. The molecule has 330 valence electrons. The number of ether oxygens (including phenoxy) is 9. The van der Waals surface area contributed by atoms with Crippen LogP contribution in [0.4, 0.5) is 0 Å². The second-order valence-corrected chi connectivity index (χ2v) is 14.0. The van der Waals surface area contributed by atoms with Crippen molar-refractivity contribution in [1.29, 1.82) is 0 Å². The highest BCUT2D eigenvalue weighted by molar-refractivity contribution is 5.73. The van der Waals surface area contributed by atoms with E-state index < -0.39 is 111 Å². The Morgan fingerprint density at radius 2 is 1.32 bits per heavy atom. The Balaban J connectivity index is 1.45. The van der Waals surface area contributed by atoms with Crippen LogP contribution in [0.1, 0.15) is 26.5 Å². The highest BCUT2D eigenvalue weighted by Gasteiger charge is 2.55. The number of aliphatic hydroxyl groups is 8. The molecule has 4 rings (SSSR count). The molecule has 1 amide bonds. The Morgan fingerprint density at radius 1 is 0.737 bits per heavy atom. The van der Waals surface area contributed by atoms with Crippen LogP contribution in [-0.4, -0.2) is 225 Å². The number of nitrogens with zero attached hydrogens (tertiary/aromatic N) is 4. The molecule has 15 atom stereocenters. The van der Waals surface area contributed by atoms with Gasteiger partial charge in [0.25, 0.3) is 0 Å². The number of aliphatic hydroxyl groups excluding tert-OH is 8. The fourth-order valence-corrected chi connectivity index (χ4v) is 6.50. The monoisotopic (exact) mass is 827 g/mol.